The van der Waals surface area contributed by atoms with Crippen LogP contribution in [0.4, 0.5) is 0 Å². The Kier molecular flexibility index (Phi) is 9.98. The fourth-order valence-electron chi connectivity index (χ4n) is 1.62. The molecule has 0 atom stereocenters. The van der Waals surface area contributed by atoms with Crippen molar-refractivity contribution >= 4 is 11.6 Å². The van der Waals surface area contributed by atoms with Crippen LogP contribution in [0.3, 0.4) is 0 Å². The molecule has 0 aliphatic heterocycles. The highest BCUT2D eigenvalue weighted by atomic mass is 16.1. The molecule has 0 radical (unpaired) electrons. The molecule has 0 saturated heterocycles. The summed E-state index contributed by atoms with van der Waals surface area (Å²) in [5, 5.41) is 0. The highest BCUT2D eigenvalue weighted by Gasteiger charge is 2.01. The van der Waals surface area contributed by atoms with Crippen LogP contribution in [0.15, 0.2) is 12.7 Å². The second kappa shape index (κ2) is 10.6. The van der Waals surface area contributed by atoms with Crippen molar-refractivity contribution < 1.29 is 9.59 Å². The average Bonchev–Trinajstić information content (AvgIpc) is 2.23. The van der Waals surface area contributed by atoms with Crippen LogP contribution >= 0.6 is 0 Å². The molecule has 0 N–H and O–H groups in total. The Hall–Kier alpha value is -0.920. The zero-order valence-electron chi connectivity index (χ0n) is 10.5. The van der Waals surface area contributed by atoms with Crippen molar-refractivity contribution in [2.75, 3.05) is 0 Å². The zero-order chi connectivity index (χ0) is 12.2. The van der Waals surface area contributed by atoms with Crippen molar-refractivity contribution in [2.45, 2.75) is 64.7 Å². The van der Waals surface area contributed by atoms with E-state index in [-0.39, 0.29) is 5.78 Å². The smallest absolute Gasteiger partial charge is 0.132 e. The molecule has 0 saturated carbocycles. The summed E-state index contributed by atoms with van der Waals surface area (Å²) in [4.78, 5) is 22.0. The first kappa shape index (κ1) is 15.1. The van der Waals surface area contributed by atoms with Crippen LogP contribution in [-0.4, -0.2) is 11.6 Å². The van der Waals surface area contributed by atoms with E-state index in [1.165, 1.54) is 0 Å². The van der Waals surface area contributed by atoms with E-state index in [4.69, 9.17) is 0 Å². The number of hydrogen-bond acceptors (Lipinski definition) is 2. The van der Waals surface area contributed by atoms with Gasteiger partial charge in [0.05, 0.1) is 0 Å². The van der Waals surface area contributed by atoms with Gasteiger partial charge in [-0.15, -0.1) is 6.58 Å². The number of Topliss-reactive ketones (excluding diaryl/α,β-unsaturated/α-hetero) is 2. The third kappa shape index (κ3) is 11.2. The Labute approximate surface area is 99.1 Å². The molecule has 0 aromatic heterocycles. The van der Waals surface area contributed by atoms with Crippen LogP contribution in [0.5, 0.6) is 0 Å². The van der Waals surface area contributed by atoms with Crippen LogP contribution in [0.25, 0.3) is 0 Å². The van der Waals surface area contributed by atoms with E-state index in [0.717, 1.165) is 38.5 Å². The maximum Gasteiger partial charge on any atom is 0.132 e. The first-order valence-electron chi connectivity index (χ1n) is 6.29. The monoisotopic (exact) mass is 224 g/mol. The van der Waals surface area contributed by atoms with Crippen molar-refractivity contribution in [2.24, 2.45) is 0 Å². The minimum Gasteiger partial charge on any atom is -0.300 e. The Morgan fingerprint density at radius 3 is 2.06 bits per heavy atom. The minimum atomic E-state index is 0.264. The van der Waals surface area contributed by atoms with E-state index in [9.17, 15) is 9.59 Å². The molecule has 0 aromatic carbocycles. The van der Waals surface area contributed by atoms with Gasteiger partial charge >= 0.3 is 0 Å². The molecule has 92 valence electrons. The molecular formula is C14H24O2. The second-order valence-electron chi connectivity index (χ2n) is 4.34. The summed E-state index contributed by atoms with van der Waals surface area (Å²) in [6.45, 7) is 5.26. The summed E-state index contributed by atoms with van der Waals surface area (Å²) in [6.07, 6.45) is 9.90. The average molecular weight is 224 g/mol. The largest absolute Gasteiger partial charge is 0.300 e. The van der Waals surface area contributed by atoms with Crippen LogP contribution < -0.4 is 0 Å². The lowest BCUT2D eigenvalue weighted by atomic mass is 10.0. The molecule has 0 aliphatic rings. The van der Waals surface area contributed by atoms with Crippen molar-refractivity contribution in [3.8, 4) is 0 Å². The van der Waals surface area contributed by atoms with Gasteiger partial charge in [0.25, 0.3) is 0 Å². The molecule has 0 bridgehead atoms. The molecule has 0 spiro atoms. The molecule has 0 heterocycles. The molecule has 16 heavy (non-hydrogen) atoms. The first-order chi connectivity index (χ1) is 7.66. The SMILES string of the molecule is C=CCCCC(=O)CCCCCCC(C)=O. The summed E-state index contributed by atoms with van der Waals surface area (Å²) >= 11 is 0. The molecule has 2 nitrogen and oxygen atoms in total. The number of carbonyl (C=O) groups is 2. The van der Waals surface area contributed by atoms with Crippen LogP contribution in [-0.2, 0) is 9.59 Å². The lowest BCUT2D eigenvalue weighted by molar-refractivity contribution is -0.119. The van der Waals surface area contributed by atoms with E-state index >= 15 is 0 Å². The molecule has 2 heteroatoms. The second-order valence-corrected chi connectivity index (χ2v) is 4.34. The van der Waals surface area contributed by atoms with Gasteiger partial charge in [0.2, 0.25) is 0 Å². The van der Waals surface area contributed by atoms with Gasteiger partial charge in [0, 0.05) is 19.3 Å². The summed E-state index contributed by atoms with van der Waals surface area (Å²) in [5.41, 5.74) is 0. The molecule has 0 rings (SSSR count). The van der Waals surface area contributed by atoms with E-state index in [1.807, 2.05) is 6.08 Å². The quantitative estimate of drug-likeness (QED) is 0.394. The van der Waals surface area contributed by atoms with Crippen LogP contribution in [0.2, 0.25) is 0 Å². The lowest BCUT2D eigenvalue weighted by Crippen LogP contribution is -1.97. The van der Waals surface area contributed by atoms with E-state index < -0.39 is 0 Å². The Bertz CT molecular complexity index is 219. The number of rotatable bonds is 11. The van der Waals surface area contributed by atoms with Crippen molar-refractivity contribution in [1.82, 2.24) is 0 Å². The van der Waals surface area contributed by atoms with Gasteiger partial charge in [0.15, 0.2) is 0 Å². The fraction of sp³-hybridized carbons (Fsp3) is 0.714. The number of carbonyl (C=O) groups excluding carboxylic acids is 2. The molecule has 0 amide bonds. The minimum absolute atomic E-state index is 0.264. The van der Waals surface area contributed by atoms with Crippen LogP contribution in [0.1, 0.15) is 64.7 Å². The predicted molar refractivity (Wildman–Crippen MR) is 67.4 cm³/mol. The first-order valence-corrected chi connectivity index (χ1v) is 6.29. The van der Waals surface area contributed by atoms with Gasteiger partial charge in [-0.1, -0.05) is 18.9 Å². The lowest BCUT2D eigenvalue weighted by Gasteiger charge is -2.00. The molecule has 0 aliphatic carbocycles. The standard InChI is InChI=1S/C14H24O2/c1-3-4-7-11-14(16)12-9-6-5-8-10-13(2)15/h3H,1,4-12H2,2H3. The number of unbranched alkanes of at least 4 members (excludes halogenated alkanes) is 4. The number of allylic oxidation sites excluding steroid dienone is 1. The number of ketones is 2. The maximum absolute atomic E-state index is 11.4. The van der Waals surface area contributed by atoms with Crippen molar-refractivity contribution in [3.05, 3.63) is 12.7 Å². The third-order valence-electron chi connectivity index (χ3n) is 2.60. The predicted octanol–water partition coefficient (Wildman–Crippen LogP) is 3.84. The topological polar surface area (TPSA) is 34.1 Å². The normalized spacial score (nSPS) is 10.1. The van der Waals surface area contributed by atoms with Gasteiger partial charge in [0.1, 0.15) is 11.6 Å². The Morgan fingerprint density at radius 1 is 0.938 bits per heavy atom. The van der Waals surface area contributed by atoms with Gasteiger partial charge < -0.3 is 4.79 Å². The van der Waals surface area contributed by atoms with Gasteiger partial charge in [-0.25, -0.2) is 0 Å². The van der Waals surface area contributed by atoms with Gasteiger partial charge in [-0.3, -0.25) is 4.79 Å². The summed E-state index contributed by atoms with van der Waals surface area (Å²) in [7, 11) is 0. The Morgan fingerprint density at radius 2 is 1.50 bits per heavy atom. The summed E-state index contributed by atoms with van der Waals surface area (Å²) in [6, 6.07) is 0. The molecule has 0 unspecified atom stereocenters. The van der Waals surface area contributed by atoms with Gasteiger partial charge in [-0.05, 0) is 32.6 Å². The van der Waals surface area contributed by atoms with Crippen molar-refractivity contribution in [1.29, 1.82) is 0 Å². The maximum atomic E-state index is 11.4. The third-order valence-corrected chi connectivity index (χ3v) is 2.60. The molecular weight excluding hydrogens is 200 g/mol. The zero-order valence-corrected chi connectivity index (χ0v) is 10.5. The Balaban J connectivity index is 3.21. The van der Waals surface area contributed by atoms with E-state index in [2.05, 4.69) is 6.58 Å². The summed E-state index contributed by atoms with van der Waals surface area (Å²) < 4.78 is 0. The van der Waals surface area contributed by atoms with E-state index in [1.54, 1.807) is 6.92 Å². The fourth-order valence-corrected chi connectivity index (χ4v) is 1.62. The van der Waals surface area contributed by atoms with Crippen molar-refractivity contribution in [3.63, 3.8) is 0 Å². The number of hydrogen-bond donors (Lipinski definition) is 0. The van der Waals surface area contributed by atoms with Crippen LogP contribution in [0, 0.1) is 0 Å². The van der Waals surface area contributed by atoms with Gasteiger partial charge in [-0.2, -0.15) is 0 Å². The molecule has 0 fully saturated rings. The molecule has 0 aromatic rings. The highest BCUT2D eigenvalue weighted by Crippen LogP contribution is 2.08. The highest BCUT2D eigenvalue weighted by molar-refractivity contribution is 5.78. The summed E-state index contributed by atoms with van der Waals surface area (Å²) in [5.74, 6) is 0.633. The van der Waals surface area contributed by atoms with E-state index in [0.29, 0.717) is 25.0 Å².